The average Bonchev–Trinajstić information content (AvgIpc) is 1.37. The molecule has 4 bridgehead atoms. The van der Waals surface area contributed by atoms with Gasteiger partial charge in [-0.1, -0.05) is 187 Å². The van der Waals surface area contributed by atoms with Crippen LogP contribution >= 0.6 is 0 Å². The van der Waals surface area contributed by atoms with Crippen molar-refractivity contribution in [1.82, 2.24) is 15.5 Å². The Kier molecular flexibility index (Phi) is 23.6. The third kappa shape index (κ3) is 17.3. The second-order valence-corrected chi connectivity index (χ2v) is 31.0. The van der Waals surface area contributed by atoms with Crippen LogP contribution in [-0.4, -0.2) is 109 Å². The number of carboxylic acids is 1. The van der Waals surface area contributed by atoms with E-state index in [9.17, 15) is 19.2 Å². The molecule has 12 rings (SSSR count). The number of carbonyl (C=O) groups excluding carboxylic acids is 3. The number of hydrogen-bond acceptors (Lipinski definition) is 11. The number of amides is 3. The Hall–Kier alpha value is -5.65. The molecule has 10 fully saturated rings. The first-order chi connectivity index (χ1) is 41.8. The lowest BCUT2D eigenvalue weighted by atomic mass is 9.43. The minimum atomic E-state index is -1.16. The van der Waals surface area contributed by atoms with Gasteiger partial charge >= 0.3 is 32.4 Å². The van der Waals surface area contributed by atoms with Crippen LogP contribution in [0.2, 0.25) is 0 Å². The first-order valence-corrected chi connectivity index (χ1v) is 33.2. The van der Waals surface area contributed by atoms with Gasteiger partial charge in [0, 0.05) is 6.54 Å². The van der Waals surface area contributed by atoms with E-state index in [0.29, 0.717) is 61.0 Å². The SMILES string of the molecule is C.CC(C)(C)C=C(C#N)C(=O)O.Cc1ccc(C[C@H](NC(=O)OCC2CCCCCC2)B2O[C@@H]3C[C@@H]4C[C@@H](C4(C)C)[C@]3(C)O2)cc1.[C-]#[N+]C(=CC(C)(C)C)C(=O)N1CCCCC[C@@H]1COC(=O)N[C@@H](Cc1ccc(C)cc1)B1O[C@@H]2C[C@@H]3C[C@@H](C3(C)C)[C@]2(C)O1. The molecule has 3 aliphatic heterocycles. The first kappa shape index (κ1) is 71.8. The van der Waals surface area contributed by atoms with Gasteiger partial charge in [-0.25, -0.2) is 19.2 Å². The van der Waals surface area contributed by atoms with Crippen LogP contribution in [0.15, 0.2) is 72.0 Å². The minimum absolute atomic E-state index is 0. The summed E-state index contributed by atoms with van der Waals surface area (Å²) in [5, 5.41) is 23.0. The van der Waals surface area contributed by atoms with Crippen molar-refractivity contribution in [2.45, 2.75) is 248 Å². The van der Waals surface area contributed by atoms with Crippen molar-refractivity contribution >= 4 is 38.3 Å². The Morgan fingerprint density at radius 3 is 1.52 bits per heavy atom. The van der Waals surface area contributed by atoms with E-state index in [1.807, 2.05) is 41.5 Å². The molecule has 3 N–H and O–H groups in total. The lowest BCUT2D eigenvalue weighted by Crippen LogP contribution is -2.65. The predicted octanol–water partition coefficient (Wildman–Crippen LogP) is 14.6. The molecule has 7 saturated carbocycles. The Balaban J connectivity index is 0.000000222. The number of nitriles is 1. The summed E-state index contributed by atoms with van der Waals surface area (Å²) >= 11 is 0. The molecule has 11 atom stereocenters. The number of aliphatic carboxylic acids is 1. The lowest BCUT2D eigenvalue weighted by Gasteiger charge is -2.64. The minimum Gasteiger partial charge on any atom is -0.477 e. The number of nitrogens with zero attached hydrogens (tertiary/aromatic N) is 3. The van der Waals surface area contributed by atoms with Crippen molar-refractivity contribution in [2.75, 3.05) is 19.8 Å². The number of aryl methyl sites for hydroxylation is 2. The van der Waals surface area contributed by atoms with Crippen LogP contribution in [0.1, 0.15) is 203 Å². The Bertz CT molecular complexity index is 2950. The number of rotatable bonds is 14. The highest BCUT2D eigenvalue weighted by molar-refractivity contribution is 6.48. The maximum Gasteiger partial charge on any atom is 0.482 e. The Morgan fingerprint density at radius 1 is 0.689 bits per heavy atom. The van der Waals surface area contributed by atoms with Gasteiger partial charge in [-0.2, -0.15) is 5.26 Å². The van der Waals surface area contributed by atoms with Crippen molar-refractivity contribution in [1.29, 1.82) is 5.26 Å². The molecule has 90 heavy (non-hydrogen) atoms. The van der Waals surface area contributed by atoms with Gasteiger partial charge in [-0.15, -0.1) is 0 Å². The number of ether oxygens (including phenoxy) is 2. The van der Waals surface area contributed by atoms with E-state index in [-0.39, 0.29) is 88.9 Å². The molecule has 18 heteroatoms. The second-order valence-electron chi connectivity index (χ2n) is 31.0. The molecule has 0 radical (unpaired) electrons. The van der Waals surface area contributed by atoms with E-state index in [4.69, 9.17) is 45.0 Å². The van der Waals surface area contributed by atoms with Gasteiger partial charge in [0.25, 0.3) is 5.91 Å². The smallest absolute Gasteiger partial charge is 0.477 e. The Labute approximate surface area is 540 Å². The van der Waals surface area contributed by atoms with Crippen molar-refractivity contribution in [3.05, 3.63) is 106 Å². The van der Waals surface area contributed by atoms with Gasteiger partial charge < -0.3 is 48.7 Å². The van der Waals surface area contributed by atoms with E-state index in [1.54, 1.807) is 17.0 Å². The van der Waals surface area contributed by atoms with Crippen LogP contribution in [-0.2, 0) is 50.5 Å². The van der Waals surface area contributed by atoms with Crippen molar-refractivity contribution in [2.24, 2.45) is 51.2 Å². The number of nitrogens with one attached hydrogen (secondary N) is 2. The second kappa shape index (κ2) is 29.5. The van der Waals surface area contributed by atoms with Gasteiger partial charge in [0.05, 0.1) is 54.5 Å². The van der Waals surface area contributed by atoms with Crippen LogP contribution in [0.3, 0.4) is 0 Å². The maximum atomic E-state index is 13.5. The summed E-state index contributed by atoms with van der Waals surface area (Å²) in [7, 11) is -1.05. The van der Waals surface area contributed by atoms with Crippen LogP contribution < -0.4 is 10.6 Å². The van der Waals surface area contributed by atoms with Gasteiger partial charge in [-0.05, 0) is 154 Å². The van der Waals surface area contributed by atoms with Crippen molar-refractivity contribution < 1.29 is 52.4 Å². The number of alkyl carbamates (subject to hydrolysis) is 2. The summed E-state index contributed by atoms with van der Waals surface area (Å²) in [6.45, 7) is 38.2. The molecule has 3 saturated heterocycles. The lowest BCUT2D eigenvalue weighted by molar-refractivity contribution is -0.199. The quantitative estimate of drug-likeness (QED) is 0.0532. The fourth-order valence-electron chi connectivity index (χ4n) is 15.7. The number of benzene rings is 2. The highest BCUT2D eigenvalue weighted by atomic mass is 16.7. The number of hydrogen-bond donors (Lipinski definition) is 3. The largest absolute Gasteiger partial charge is 0.482 e. The zero-order valence-corrected chi connectivity index (χ0v) is 56.0. The van der Waals surface area contributed by atoms with E-state index in [1.165, 1.54) is 49.3 Å². The molecule has 7 aliphatic carbocycles. The third-order valence-corrected chi connectivity index (χ3v) is 21.2. The molecular formula is C72H107B2N5O11. The zero-order valence-electron chi connectivity index (χ0n) is 56.0. The van der Waals surface area contributed by atoms with Crippen LogP contribution in [0.5, 0.6) is 0 Å². The molecule has 2 aromatic rings. The van der Waals surface area contributed by atoms with Crippen LogP contribution in [0.25, 0.3) is 4.85 Å². The number of carboxylic acid groups (broad SMARTS) is 1. The first-order valence-electron chi connectivity index (χ1n) is 33.2. The topological polar surface area (TPSA) is 199 Å². The summed E-state index contributed by atoms with van der Waals surface area (Å²) in [5.41, 5.74) is 3.85. The van der Waals surface area contributed by atoms with Crippen molar-refractivity contribution in [3.63, 3.8) is 0 Å². The van der Waals surface area contributed by atoms with E-state index in [2.05, 4.69) is 119 Å². The maximum absolute atomic E-state index is 13.5. The average molecular weight is 1240 g/mol. The van der Waals surface area contributed by atoms with Crippen LogP contribution in [0.4, 0.5) is 9.59 Å². The Morgan fingerprint density at radius 2 is 1.12 bits per heavy atom. The van der Waals surface area contributed by atoms with E-state index >= 15 is 0 Å². The van der Waals surface area contributed by atoms with Crippen LogP contribution in [0, 0.1) is 83.0 Å². The molecule has 0 aromatic heterocycles. The molecule has 0 unspecified atom stereocenters. The van der Waals surface area contributed by atoms with Gasteiger partial charge in [-0.3, -0.25) is 4.79 Å². The summed E-state index contributed by atoms with van der Waals surface area (Å²) in [4.78, 5) is 55.4. The van der Waals surface area contributed by atoms with E-state index in [0.717, 1.165) is 68.9 Å². The van der Waals surface area contributed by atoms with Gasteiger partial charge in [0.15, 0.2) is 0 Å². The molecule has 0 spiro atoms. The summed E-state index contributed by atoms with van der Waals surface area (Å²) in [5.74, 6) is 0.557. The normalized spacial score (nSPS) is 29.0. The monoisotopic (exact) mass is 1240 g/mol. The fraction of sp³-hybridized carbons (Fsp3) is 0.694. The molecule has 10 aliphatic rings. The molecule has 3 heterocycles. The standard InChI is InChI=1S/C35H50BN3O5.C28H42BNO4.C8H11NO2.CH4/c1-23-13-15-24(16-14-23)18-30(36-43-29-20-25-19-28(34(25,5)6)35(29,7)44-36)38-32(41)42-22-26-12-10-9-11-17-39(26)31(40)27(37-8)21-33(2,3)4;1-19-11-13-20(14-12-19)15-25(30-26(31)32-18-21-9-7-5-6-8-10-21)29-33-24-17-22-16-23(27(22,2)3)28(24,4)34-29;1-8(2,3)4-6(5-9)7(10)11;/h13-16,21,25-26,28-30H,9-12,17-20,22H2,1-7H3,(H,38,41);11-14,21-25H,5-10,15-18H2,1-4H3,(H,30,31);4H,1-3H3,(H,10,11);1H4/t25-,26+,28-,29+,30-,35-;22-,23-,24+,25-,28-;;/m00../s1. The molecule has 492 valence electrons. The third-order valence-electron chi connectivity index (χ3n) is 21.2. The zero-order chi connectivity index (χ0) is 64.9. The molecule has 3 amide bonds. The molecular weight excluding hydrogens is 1130 g/mol. The van der Waals surface area contributed by atoms with Gasteiger partial charge in [0.2, 0.25) is 5.70 Å². The number of likely N-dealkylation sites (tertiary alicyclic amines) is 1. The molecule has 2 aromatic carbocycles. The van der Waals surface area contributed by atoms with E-state index < -0.39 is 32.2 Å². The summed E-state index contributed by atoms with van der Waals surface area (Å²) < 4.78 is 38.2. The number of carbonyl (C=O) groups is 4. The highest BCUT2D eigenvalue weighted by Crippen LogP contribution is 2.67. The predicted molar refractivity (Wildman–Crippen MR) is 353 cm³/mol. The van der Waals surface area contributed by atoms with Gasteiger partial charge in [0.1, 0.15) is 18.2 Å². The number of allylic oxidation sites excluding steroid dienone is 2. The highest BCUT2D eigenvalue weighted by Gasteiger charge is 2.70. The molecule has 16 nitrogen and oxygen atoms in total. The summed E-state index contributed by atoms with van der Waals surface area (Å²) in [6.07, 6.45) is 18.9. The van der Waals surface area contributed by atoms with Crippen molar-refractivity contribution in [3.8, 4) is 6.07 Å². The fourth-order valence-corrected chi connectivity index (χ4v) is 15.7. The summed E-state index contributed by atoms with van der Waals surface area (Å²) in [6, 6.07) is 18.1.